The number of hydrogen-bond donors (Lipinski definition) is 1. The SMILES string of the molecule is COc1cc2c(cc1OC)C(Cc1ccccc1)[NH+](C)CC2.[Br-]. The van der Waals surface area contributed by atoms with Crippen molar-refractivity contribution in [2.45, 2.75) is 18.9 Å². The summed E-state index contributed by atoms with van der Waals surface area (Å²) in [5.41, 5.74) is 4.17. The first-order valence-electron chi connectivity index (χ1n) is 7.84. The predicted octanol–water partition coefficient (Wildman–Crippen LogP) is -0.938. The average molecular weight is 378 g/mol. The molecule has 3 nitrogen and oxygen atoms in total. The second kappa shape index (κ2) is 7.84. The molecule has 4 heteroatoms. The molecule has 0 aliphatic carbocycles. The topological polar surface area (TPSA) is 22.9 Å². The summed E-state index contributed by atoms with van der Waals surface area (Å²) < 4.78 is 11.0. The maximum absolute atomic E-state index is 5.50. The molecule has 2 unspecified atom stereocenters. The van der Waals surface area contributed by atoms with Crippen LogP contribution in [0, 0.1) is 0 Å². The Kier molecular flexibility index (Phi) is 6.08. The minimum Gasteiger partial charge on any atom is -1.00 e. The van der Waals surface area contributed by atoms with Gasteiger partial charge in [0, 0.05) is 18.4 Å². The van der Waals surface area contributed by atoms with Gasteiger partial charge in [-0.25, -0.2) is 0 Å². The van der Waals surface area contributed by atoms with E-state index in [1.165, 1.54) is 16.7 Å². The molecule has 1 N–H and O–H groups in total. The minimum absolute atomic E-state index is 0. The zero-order valence-electron chi connectivity index (χ0n) is 13.9. The van der Waals surface area contributed by atoms with Crippen LogP contribution >= 0.6 is 0 Å². The lowest BCUT2D eigenvalue weighted by Gasteiger charge is -2.32. The summed E-state index contributed by atoms with van der Waals surface area (Å²) in [6.07, 6.45) is 2.14. The molecule has 2 aromatic carbocycles. The number of methoxy groups -OCH3 is 2. The Labute approximate surface area is 149 Å². The number of halogens is 1. The molecule has 0 saturated carbocycles. The molecule has 23 heavy (non-hydrogen) atoms. The van der Waals surface area contributed by atoms with Gasteiger partial charge in [-0.15, -0.1) is 0 Å². The molecule has 2 atom stereocenters. The van der Waals surface area contributed by atoms with E-state index in [0.29, 0.717) is 6.04 Å². The van der Waals surface area contributed by atoms with Crippen LogP contribution in [0.2, 0.25) is 0 Å². The van der Waals surface area contributed by atoms with E-state index < -0.39 is 0 Å². The first-order chi connectivity index (χ1) is 10.7. The molecular formula is C19H24BrNO2. The Bertz CT molecular complexity index is 645. The molecule has 0 aromatic heterocycles. The van der Waals surface area contributed by atoms with Crippen molar-refractivity contribution in [2.24, 2.45) is 0 Å². The van der Waals surface area contributed by atoms with Gasteiger partial charge >= 0.3 is 0 Å². The van der Waals surface area contributed by atoms with Gasteiger partial charge < -0.3 is 31.4 Å². The van der Waals surface area contributed by atoms with Crippen LogP contribution in [-0.4, -0.2) is 27.8 Å². The van der Waals surface area contributed by atoms with Gasteiger partial charge in [0.15, 0.2) is 11.5 Å². The van der Waals surface area contributed by atoms with E-state index in [1.807, 2.05) is 0 Å². The van der Waals surface area contributed by atoms with E-state index in [2.05, 4.69) is 49.5 Å². The zero-order chi connectivity index (χ0) is 15.5. The van der Waals surface area contributed by atoms with Crippen molar-refractivity contribution in [3.63, 3.8) is 0 Å². The molecule has 0 amide bonds. The lowest BCUT2D eigenvalue weighted by Crippen LogP contribution is -3.10. The number of benzene rings is 2. The normalized spacial score (nSPS) is 19.4. The number of ether oxygens (including phenoxy) is 2. The van der Waals surface area contributed by atoms with E-state index in [4.69, 9.17) is 9.47 Å². The first kappa shape index (κ1) is 17.8. The first-order valence-corrected chi connectivity index (χ1v) is 7.84. The highest BCUT2D eigenvalue weighted by atomic mass is 79.9. The van der Waals surface area contributed by atoms with Crippen LogP contribution in [0.1, 0.15) is 22.7 Å². The number of likely N-dealkylation sites (N-methyl/N-ethyl adjacent to an activating group) is 1. The number of quaternary nitrogens is 1. The lowest BCUT2D eigenvalue weighted by atomic mass is 9.88. The summed E-state index contributed by atoms with van der Waals surface area (Å²) in [4.78, 5) is 1.56. The summed E-state index contributed by atoms with van der Waals surface area (Å²) in [6.45, 7) is 1.15. The summed E-state index contributed by atoms with van der Waals surface area (Å²) in [7, 11) is 5.69. The fourth-order valence-corrected chi connectivity index (χ4v) is 3.38. The third-order valence-corrected chi connectivity index (χ3v) is 4.69. The molecule has 1 aliphatic rings. The van der Waals surface area contributed by atoms with Gasteiger partial charge in [0.05, 0.1) is 27.8 Å². The lowest BCUT2D eigenvalue weighted by molar-refractivity contribution is -0.914. The maximum atomic E-state index is 5.50. The average Bonchev–Trinajstić information content (AvgIpc) is 2.57. The molecule has 3 rings (SSSR count). The molecule has 0 fully saturated rings. The third-order valence-electron chi connectivity index (χ3n) is 4.69. The number of nitrogens with one attached hydrogen (secondary N) is 1. The quantitative estimate of drug-likeness (QED) is 0.743. The number of hydrogen-bond acceptors (Lipinski definition) is 2. The summed E-state index contributed by atoms with van der Waals surface area (Å²) >= 11 is 0. The van der Waals surface area contributed by atoms with Crippen LogP contribution in [0.3, 0.4) is 0 Å². The van der Waals surface area contributed by atoms with E-state index in [1.54, 1.807) is 19.1 Å². The fraction of sp³-hybridized carbons (Fsp3) is 0.368. The smallest absolute Gasteiger partial charge is 0.161 e. The predicted molar refractivity (Wildman–Crippen MR) is 87.9 cm³/mol. The van der Waals surface area contributed by atoms with Gasteiger partial charge in [-0.1, -0.05) is 30.3 Å². The maximum Gasteiger partial charge on any atom is 0.161 e. The van der Waals surface area contributed by atoms with Gasteiger partial charge in [-0.2, -0.15) is 0 Å². The van der Waals surface area contributed by atoms with Crippen LogP contribution in [0.25, 0.3) is 0 Å². The van der Waals surface area contributed by atoms with Gasteiger partial charge in [0.2, 0.25) is 0 Å². The molecule has 0 bridgehead atoms. The molecule has 1 aliphatic heterocycles. The Morgan fingerprint density at radius 2 is 1.70 bits per heavy atom. The molecule has 0 saturated heterocycles. The minimum atomic E-state index is 0. The van der Waals surface area contributed by atoms with Gasteiger partial charge in [-0.05, 0) is 23.3 Å². The third kappa shape index (κ3) is 3.70. The van der Waals surface area contributed by atoms with E-state index in [9.17, 15) is 0 Å². The van der Waals surface area contributed by atoms with E-state index in [-0.39, 0.29) is 17.0 Å². The zero-order valence-corrected chi connectivity index (χ0v) is 15.5. The van der Waals surface area contributed by atoms with E-state index in [0.717, 1.165) is 30.9 Å². The molecule has 124 valence electrons. The molecular weight excluding hydrogens is 354 g/mol. The number of fused-ring (bicyclic) bond motifs is 1. The summed E-state index contributed by atoms with van der Waals surface area (Å²) in [5.74, 6) is 1.66. The molecule has 1 heterocycles. The number of rotatable bonds is 4. The highest BCUT2D eigenvalue weighted by molar-refractivity contribution is 5.49. The summed E-state index contributed by atoms with van der Waals surface area (Å²) in [5, 5.41) is 0. The van der Waals surface area contributed by atoms with Gasteiger partial charge in [0.25, 0.3) is 0 Å². The van der Waals surface area contributed by atoms with Crippen molar-refractivity contribution >= 4 is 0 Å². The Hall–Kier alpha value is -1.52. The van der Waals surface area contributed by atoms with Crippen molar-refractivity contribution in [3.05, 3.63) is 59.2 Å². The molecule has 2 aromatic rings. The highest BCUT2D eigenvalue weighted by Crippen LogP contribution is 2.34. The van der Waals surface area contributed by atoms with Crippen molar-refractivity contribution in [2.75, 3.05) is 27.8 Å². The highest BCUT2D eigenvalue weighted by Gasteiger charge is 2.30. The van der Waals surface area contributed by atoms with E-state index >= 15 is 0 Å². The largest absolute Gasteiger partial charge is 1.00 e. The Morgan fingerprint density at radius 1 is 1.04 bits per heavy atom. The van der Waals surface area contributed by atoms with Gasteiger partial charge in [-0.3, -0.25) is 0 Å². The van der Waals surface area contributed by atoms with Crippen molar-refractivity contribution in [1.29, 1.82) is 0 Å². The van der Waals surface area contributed by atoms with Crippen LogP contribution in [0.4, 0.5) is 0 Å². The Morgan fingerprint density at radius 3 is 2.35 bits per heavy atom. The van der Waals surface area contributed by atoms with Crippen molar-refractivity contribution in [1.82, 2.24) is 0 Å². The van der Waals surface area contributed by atoms with Crippen LogP contribution in [-0.2, 0) is 12.8 Å². The van der Waals surface area contributed by atoms with Crippen LogP contribution in [0.5, 0.6) is 11.5 Å². The monoisotopic (exact) mass is 377 g/mol. The second-order valence-electron chi connectivity index (χ2n) is 5.99. The summed E-state index contributed by atoms with van der Waals surface area (Å²) in [6, 6.07) is 15.5. The van der Waals surface area contributed by atoms with Crippen molar-refractivity contribution < 1.29 is 31.4 Å². The molecule has 0 spiro atoms. The van der Waals surface area contributed by atoms with Gasteiger partial charge in [0.1, 0.15) is 6.04 Å². The standard InChI is InChI=1S/C19H23NO2.BrH/c1-20-10-9-15-12-18(21-2)19(22-3)13-16(15)17(20)11-14-7-5-4-6-8-14;/h4-8,12-13,17H,9-11H2,1-3H3;1H. The Balaban J connectivity index is 0.00000192. The fourth-order valence-electron chi connectivity index (χ4n) is 3.38. The van der Waals surface area contributed by atoms with Crippen LogP contribution in [0.15, 0.2) is 42.5 Å². The second-order valence-corrected chi connectivity index (χ2v) is 5.99. The molecule has 0 radical (unpaired) electrons. The van der Waals surface area contributed by atoms with Crippen molar-refractivity contribution in [3.8, 4) is 11.5 Å². The van der Waals surface area contributed by atoms with Crippen LogP contribution < -0.4 is 31.4 Å².